The molecule has 28 heavy (non-hydrogen) atoms. The molecule has 0 amide bonds. The molecule has 1 saturated heterocycles. The van der Waals surface area contributed by atoms with Gasteiger partial charge in [0, 0.05) is 35.8 Å². The van der Waals surface area contributed by atoms with Crippen molar-refractivity contribution in [3.8, 4) is 0 Å². The second kappa shape index (κ2) is 7.62. The number of fused-ring (bicyclic) bond motifs is 3. The second-order valence-electron chi connectivity index (χ2n) is 7.74. The Labute approximate surface area is 169 Å². The Morgan fingerprint density at radius 2 is 1.89 bits per heavy atom. The zero-order valence-electron chi connectivity index (χ0n) is 16.3. The van der Waals surface area contributed by atoms with Crippen molar-refractivity contribution in [2.24, 2.45) is 0 Å². The van der Waals surface area contributed by atoms with Crippen LogP contribution in [0.5, 0.6) is 0 Å². The molecule has 6 nitrogen and oxygen atoms in total. The van der Waals surface area contributed by atoms with Crippen molar-refractivity contribution in [2.45, 2.75) is 57.9 Å². The third-order valence-corrected chi connectivity index (χ3v) is 7.18. The Morgan fingerprint density at radius 1 is 1.07 bits per heavy atom. The number of aryl methyl sites for hydroxylation is 3. The Kier molecular flexibility index (Phi) is 4.84. The molecule has 3 aromatic rings. The summed E-state index contributed by atoms with van der Waals surface area (Å²) in [5.74, 6) is 2.10. The van der Waals surface area contributed by atoms with Gasteiger partial charge in [-0.05, 0) is 50.5 Å². The third-order valence-electron chi connectivity index (χ3n) is 5.98. The van der Waals surface area contributed by atoms with Crippen molar-refractivity contribution in [3.63, 3.8) is 0 Å². The normalized spacial score (nSPS) is 17.7. The molecule has 0 saturated carbocycles. The Balaban J connectivity index is 1.31. The van der Waals surface area contributed by atoms with Gasteiger partial charge in [-0.15, -0.1) is 11.3 Å². The summed E-state index contributed by atoms with van der Waals surface area (Å²) in [5, 5.41) is 5.04. The van der Waals surface area contributed by atoms with E-state index < -0.39 is 0 Å². The molecule has 0 bridgehead atoms. The molecule has 1 fully saturated rings. The van der Waals surface area contributed by atoms with Crippen LogP contribution >= 0.6 is 11.3 Å². The van der Waals surface area contributed by atoms with E-state index in [2.05, 4.69) is 43.1 Å². The molecule has 2 aliphatic rings. The summed E-state index contributed by atoms with van der Waals surface area (Å²) in [5.41, 5.74) is 2.61. The minimum Gasteiger partial charge on any atom is -0.367 e. The van der Waals surface area contributed by atoms with Crippen LogP contribution in [0.15, 0.2) is 18.7 Å². The fourth-order valence-electron chi connectivity index (χ4n) is 4.40. The number of nitrogens with zero attached hydrogens (tertiary/aromatic N) is 5. The molecule has 7 heteroatoms. The van der Waals surface area contributed by atoms with Gasteiger partial charge in [-0.25, -0.2) is 19.9 Å². The largest absolute Gasteiger partial charge is 0.367 e. The average Bonchev–Trinajstić information content (AvgIpc) is 3.14. The summed E-state index contributed by atoms with van der Waals surface area (Å²) in [6.07, 6.45) is 11.5. The summed E-state index contributed by atoms with van der Waals surface area (Å²) < 4.78 is 0. The number of hydrogen-bond donors (Lipinski definition) is 1. The first-order valence-electron chi connectivity index (χ1n) is 10.4. The molecule has 146 valence electrons. The van der Waals surface area contributed by atoms with E-state index >= 15 is 0 Å². The zero-order valence-corrected chi connectivity index (χ0v) is 17.1. The fourth-order valence-corrected chi connectivity index (χ4v) is 5.63. The molecule has 0 aromatic carbocycles. The SMILES string of the molecule is CCc1cc(N2CCC(Nc3ncnc4sc5c(c34)CCCC5)CC2)ncn1. The van der Waals surface area contributed by atoms with Crippen LogP contribution in [0.2, 0.25) is 0 Å². The lowest BCUT2D eigenvalue weighted by molar-refractivity contribution is 0.522. The van der Waals surface area contributed by atoms with Crippen LogP contribution in [-0.4, -0.2) is 39.1 Å². The van der Waals surface area contributed by atoms with Crippen molar-refractivity contribution in [2.75, 3.05) is 23.3 Å². The van der Waals surface area contributed by atoms with Gasteiger partial charge in [-0.1, -0.05) is 6.92 Å². The van der Waals surface area contributed by atoms with Crippen molar-refractivity contribution < 1.29 is 0 Å². The lowest BCUT2D eigenvalue weighted by Crippen LogP contribution is -2.39. The highest BCUT2D eigenvalue weighted by Crippen LogP contribution is 2.38. The predicted octanol–water partition coefficient (Wildman–Crippen LogP) is 4.00. The Morgan fingerprint density at radius 3 is 2.75 bits per heavy atom. The predicted molar refractivity (Wildman–Crippen MR) is 114 cm³/mol. The topological polar surface area (TPSA) is 66.8 Å². The molecule has 4 heterocycles. The standard InChI is InChI=1S/C21H26N6S/c1-2-14-11-18(23-12-22-14)27-9-7-15(8-10-27)26-20-19-16-5-3-4-6-17(16)28-21(19)25-13-24-20/h11-13,15H,2-10H2,1H3,(H,24,25,26). The van der Waals surface area contributed by atoms with Crippen LogP contribution in [-0.2, 0) is 19.3 Å². The minimum absolute atomic E-state index is 0.445. The van der Waals surface area contributed by atoms with Crippen molar-refractivity contribution >= 4 is 33.2 Å². The molecule has 3 aromatic heterocycles. The fraction of sp³-hybridized carbons (Fsp3) is 0.524. The van der Waals surface area contributed by atoms with Gasteiger partial charge in [-0.2, -0.15) is 0 Å². The maximum atomic E-state index is 4.63. The van der Waals surface area contributed by atoms with Gasteiger partial charge in [-0.3, -0.25) is 0 Å². The van der Waals surface area contributed by atoms with Crippen molar-refractivity contribution in [1.29, 1.82) is 0 Å². The van der Waals surface area contributed by atoms with Gasteiger partial charge < -0.3 is 10.2 Å². The molecule has 5 rings (SSSR count). The third kappa shape index (κ3) is 3.32. The van der Waals surface area contributed by atoms with Gasteiger partial charge in [0.15, 0.2) is 0 Å². The number of rotatable bonds is 4. The minimum atomic E-state index is 0.445. The molecule has 0 atom stereocenters. The summed E-state index contributed by atoms with van der Waals surface area (Å²) in [6.45, 7) is 4.15. The van der Waals surface area contributed by atoms with E-state index in [1.54, 1.807) is 12.7 Å². The van der Waals surface area contributed by atoms with E-state index in [4.69, 9.17) is 0 Å². The van der Waals surface area contributed by atoms with Gasteiger partial charge in [0.25, 0.3) is 0 Å². The Hall–Kier alpha value is -2.28. The monoisotopic (exact) mass is 394 g/mol. The molecule has 0 unspecified atom stereocenters. The first kappa shape index (κ1) is 17.8. The van der Waals surface area contributed by atoms with Crippen LogP contribution in [0, 0.1) is 0 Å². The number of piperidine rings is 1. The van der Waals surface area contributed by atoms with Crippen LogP contribution < -0.4 is 10.2 Å². The number of anilines is 2. The number of hydrogen-bond acceptors (Lipinski definition) is 7. The Bertz CT molecular complexity index is 976. The zero-order chi connectivity index (χ0) is 18.9. The maximum Gasteiger partial charge on any atom is 0.138 e. The van der Waals surface area contributed by atoms with Crippen LogP contribution in [0.4, 0.5) is 11.6 Å². The van der Waals surface area contributed by atoms with E-state index in [1.807, 2.05) is 11.3 Å². The van der Waals surface area contributed by atoms with E-state index in [-0.39, 0.29) is 0 Å². The summed E-state index contributed by atoms with van der Waals surface area (Å²) in [4.78, 5) is 23.0. The van der Waals surface area contributed by atoms with Gasteiger partial charge in [0.1, 0.15) is 29.1 Å². The van der Waals surface area contributed by atoms with Crippen LogP contribution in [0.3, 0.4) is 0 Å². The van der Waals surface area contributed by atoms with E-state index in [0.29, 0.717) is 6.04 Å². The lowest BCUT2D eigenvalue weighted by Gasteiger charge is -2.33. The number of aromatic nitrogens is 4. The molecule has 1 N–H and O–H groups in total. The first-order chi connectivity index (χ1) is 13.8. The molecule has 0 radical (unpaired) electrons. The summed E-state index contributed by atoms with van der Waals surface area (Å²) in [6, 6.07) is 2.57. The summed E-state index contributed by atoms with van der Waals surface area (Å²) >= 11 is 1.86. The number of nitrogens with one attached hydrogen (secondary N) is 1. The molecule has 1 aliphatic heterocycles. The highest BCUT2D eigenvalue weighted by atomic mass is 32.1. The quantitative estimate of drug-likeness (QED) is 0.721. The maximum absolute atomic E-state index is 4.63. The highest BCUT2D eigenvalue weighted by molar-refractivity contribution is 7.19. The molecule has 0 spiro atoms. The van der Waals surface area contributed by atoms with Crippen molar-refractivity contribution in [3.05, 3.63) is 34.9 Å². The second-order valence-corrected chi connectivity index (χ2v) is 8.82. The van der Waals surface area contributed by atoms with Gasteiger partial charge in [0.2, 0.25) is 0 Å². The van der Waals surface area contributed by atoms with Crippen LogP contribution in [0.25, 0.3) is 10.2 Å². The van der Waals surface area contributed by atoms with Gasteiger partial charge in [0.05, 0.1) is 5.39 Å². The van der Waals surface area contributed by atoms with Crippen molar-refractivity contribution in [1.82, 2.24) is 19.9 Å². The lowest BCUT2D eigenvalue weighted by atomic mass is 9.96. The molecular formula is C21H26N6S. The van der Waals surface area contributed by atoms with E-state index in [0.717, 1.165) is 54.5 Å². The van der Waals surface area contributed by atoms with Crippen LogP contribution in [0.1, 0.15) is 48.7 Å². The molecule has 1 aliphatic carbocycles. The first-order valence-corrected chi connectivity index (χ1v) is 11.2. The molecular weight excluding hydrogens is 368 g/mol. The smallest absolute Gasteiger partial charge is 0.138 e. The average molecular weight is 395 g/mol. The summed E-state index contributed by atoms with van der Waals surface area (Å²) in [7, 11) is 0. The number of thiophene rings is 1. The van der Waals surface area contributed by atoms with E-state index in [1.165, 1.54) is 41.5 Å². The van der Waals surface area contributed by atoms with Gasteiger partial charge >= 0.3 is 0 Å². The highest BCUT2D eigenvalue weighted by Gasteiger charge is 2.24. The van der Waals surface area contributed by atoms with E-state index in [9.17, 15) is 0 Å².